The van der Waals surface area contributed by atoms with E-state index in [1.807, 2.05) is 5.38 Å². The number of esters is 1. The van der Waals surface area contributed by atoms with E-state index in [9.17, 15) is 45.5 Å². The third kappa shape index (κ3) is 36.3. The molecule has 0 saturated heterocycles. The van der Waals surface area contributed by atoms with Gasteiger partial charge in [0, 0.05) is 112 Å². The molecule has 61 heteroatoms. The van der Waals surface area contributed by atoms with Crippen LogP contribution < -0.4 is 61.6 Å². The van der Waals surface area contributed by atoms with Crippen LogP contribution in [-0.4, -0.2) is 358 Å². The lowest BCUT2D eigenvalue weighted by atomic mass is 8.81. The van der Waals surface area contributed by atoms with Gasteiger partial charge in [0.1, 0.15) is 50.5 Å². The number of halogens is 6. The number of hydrogen-bond acceptors (Lipinski definition) is 23. The second-order valence-electron chi connectivity index (χ2n) is 20.2. The van der Waals surface area contributed by atoms with E-state index >= 15 is 0 Å². The van der Waals surface area contributed by atoms with E-state index in [4.69, 9.17) is 140 Å². The molecule has 20 nitrogen and oxygen atoms in total. The first kappa shape index (κ1) is 115. The molecule has 10 rings (SSSR count). The molecule has 10 aromatic rings. The van der Waals surface area contributed by atoms with Crippen LogP contribution in [0.3, 0.4) is 0 Å². The number of thiophene rings is 4. The van der Waals surface area contributed by atoms with Gasteiger partial charge in [-0.25, -0.2) is 35.9 Å². The predicted octanol–water partition coefficient (Wildman–Crippen LogP) is -6.75. The smallest absolute Gasteiger partial charge is 0.497 e. The Bertz CT molecular complexity index is 4720. The van der Waals surface area contributed by atoms with Gasteiger partial charge in [-0.1, -0.05) is 21.9 Å². The normalized spacial score (nSPS) is 9.60. The number of carbonyl (C=O) groups is 4. The summed E-state index contributed by atoms with van der Waals surface area (Å²) in [5.74, 6) is -2.49. The van der Waals surface area contributed by atoms with Crippen molar-refractivity contribution in [1.29, 1.82) is 0 Å². The molecule has 0 unspecified atom stereocenters. The fourth-order valence-corrected chi connectivity index (χ4v) is 11.9. The summed E-state index contributed by atoms with van der Waals surface area (Å²) in [4.78, 5) is 43.5. The van der Waals surface area contributed by atoms with Crippen LogP contribution in [0.25, 0.3) is 40.3 Å². The second kappa shape index (κ2) is 58.7. The van der Waals surface area contributed by atoms with Crippen molar-refractivity contribution in [2.75, 3.05) is 92.4 Å². The zero-order chi connectivity index (χ0) is 94.0. The zero-order valence-electron chi connectivity index (χ0n) is 62.5. The van der Waals surface area contributed by atoms with Gasteiger partial charge in [-0.2, -0.15) is 6.39 Å². The highest BCUT2D eigenvalue weighted by molar-refractivity contribution is 7.78. The molecule has 620 valence electrons. The van der Waals surface area contributed by atoms with Crippen molar-refractivity contribution in [1.82, 2.24) is 0 Å². The molecule has 0 atom stereocenters. The SMILES string of the molecule is COC(=O)c1cc2c(F)c(OC)cc(OC)c2s1.COc1cc(C=O)cc(OC)c1.COc1cc(OC)c(F)c(C=O)c1F.COc1cc(OC)c2sc(B(O)O)cc2c1F.COc1cc(OC)c2sc(C(=O)O)cc2c1F.COc1cc(OC)c2sccc2c1F.[BH3-]B([BH3-])B([BH3-])[BH3-].[B]B([BH3-])B([BH3-])[BH3-].[B]B([B])B([BH3-])[BH3-].[B]B([B])B([B])[BH3-].[B]B([B])B([B])[B]. The molecule has 20 radical (unpaired) electrons. The van der Waals surface area contributed by atoms with Gasteiger partial charge in [-0.15, -0.1) is 114 Å². The minimum atomic E-state index is -1.62. The molecule has 0 saturated carbocycles. The average Bonchev–Trinajstić information content (AvgIpc) is 1.64. The number of carboxylic acid groups (broad SMARTS) is 1. The summed E-state index contributed by atoms with van der Waals surface area (Å²) in [6.45, 7) is 0. The number of benzene rings is 6. The fraction of sp³-hybridized carbons (Fsp3) is 0.213. The molecule has 0 aliphatic carbocycles. The summed E-state index contributed by atoms with van der Waals surface area (Å²) in [5.41, 5.74) is -0.146. The minimum absolute atomic E-state index is 0.0316. The molecule has 0 fully saturated rings. The van der Waals surface area contributed by atoms with E-state index in [1.54, 1.807) is 64.4 Å². The molecule has 0 aliphatic rings. The first-order valence-corrected chi connectivity index (χ1v) is 34.0. The Labute approximate surface area is 752 Å². The molecule has 4 aromatic heterocycles. The van der Waals surface area contributed by atoms with Crippen molar-refractivity contribution in [2.45, 2.75) is 0 Å². The van der Waals surface area contributed by atoms with Crippen LogP contribution in [0.1, 0.15) is 40.1 Å². The Hall–Kier alpha value is -7.45. The van der Waals surface area contributed by atoms with Crippen molar-refractivity contribution in [2.24, 2.45) is 0 Å². The Kier molecular flexibility index (Phi) is 55.1. The number of carbonyl (C=O) groups excluding carboxylic acids is 3. The third-order valence-electron chi connectivity index (χ3n) is 13.1. The number of aldehydes is 2. The molecular formula is C61H87B31F6O20S4-10. The number of fused-ring (bicyclic) bond motifs is 4. The van der Waals surface area contributed by atoms with E-state index in [2.05, 4.69) is 14.2 Å². The van der Waals surface area contributed by atoms with Gasteiger partial charge in [0.25, 0.3) is 0 Å². The molecule has 0 bridgehead atoms. The standard InChI is InChI=1S/C12H11FO4S.C11H9FO4S.C10H10BFO4S.C10H9FO2S.C9H8F2O3.C9H10O3.B6H12.B6H9.B6H6.B6H3.B6/c1-15-7-5-8(16-2)11-6(10(7)13)4-9(18-11)12(14)17-3;2*1-15-6-4-7(16-2)10-5(9(6)12)3-8(17-10)11(13)14;1-12-7-5-8(13-2)10-6(9(7)11)3-4-14-10;1-13-6-3-7(14-2)9(11)5(4-12)8(6)10;1-11-8-3-7(6-10)4-9(5-8)12-2;5*1-5(2)6(3)4/h4-5H,1-3H3;3-4H,1-2H3,(H,13,14);3-4,13-14H,1-2H3;3-5H,1-2H3;3-4H,1-2H3;3-6H,1-2H3;1-4H3;1-3H3;1-2H3;1H3;/q;;;;;;-4;-3;-2;-1;. The number of aromatic carboxylic acids is 1. The molecular weight excluding hydrogens is 1630 g/mol. The van der Waals surface area contributed by atoms with Crippen molar-refractivity contribution in [3.05, 3.63) is 134 Å². The molecule has 4 heterocycles. The Morgan fingerprint density at radius 3 is 0.934 bits per heavy atom. The lowest BCUT2D eigenvalue weighted by Gasteiger charge is -2.25. The van der Waals surface area contributed by atoms with Gasteiger partial charge in [0.2, 0.25) is 0 Å². The first-order chi connectivity index (χ1) is 57.2. The quantitative estimate of drug-likeness (QED) is 0.0247. The summed E-state index contributed by atoms with van der Waals surface area (Å²) in [7, 11) is 75.0. The highest BCUT2D eigenvalue weighted by Crippen LogP contribution is 2.43. The maximum atomic E-state index is 14.0. The Balaban J connectivity index is 0.00000135. The van der Waals surface area contributed by atoms with Gasteiger partial charge in [0.05, 0.1) is 117 Å². The maximum Gasteiger partial charge on any atom is 0.499 e. The van der Waals surface area contributed by atoms with Gasteiger partial charge in [-0.05, 0) is 94.6 Å². The lowest BCUT2D eigenvalue weighted by molar-refractivity contribution is 0.0605. The van der Waals surface area contributed by atoms with Crippen molar-refractivity contribution in [3.63, 3.8) is 0 Å². The van der Waals surface area contributed by atoms with Crippen LogP contribution in [0, 0.1) is 34.9 Å². The zero-order valence-corrected chi connectivity index (χ0v) is 65.7. The number of carboxylic acids is 1. The van der Waals surface area contributed by atoms with Gasteiger partial charge in [-0.3, -0.25) is 22.4 Å². The summed E-state index contributed by atoms with van der Waals surface area (Å²) in [6, 6.07) is 17.7. The monoisotopic (exact) mass is 1720 g/mol. The summed E-state index contributed by atoms with van der Waals surface area (Å²) in [5, 5.41) is 30.2. The van der Waals surface area contributed by atoms with Crippen LogP contribution in [0.5, 0.6) is 69.0 Å². The number of rotatable bonds is 22. The fourth-order valence-electron chi connectivity index (χ4n) is 7.97. The van der Waals surface area contributed by atoms with Crippen molar-refractivity contribution < 1.29 is 122 Å². The molecule has 0 spiro atoms. The predicted molar refractivity (Wildman–Crippen MR) is 552 cm³/mol. The van der Waals surface area contributed by atoms with Gasteiger partial charge in [0.15, 0.2) is 75.7 Å². The second-order valence-corrected chi connectivity index (χ2v) is 24.3. The first-order valence-electron chi connectivity index (χ1n) is 30.7. The minimum Gasteiger partial charge on any atom is -0.497 e. The van der Waals surface area contributed by atoms with E-state index in [0.29, 0.717) is 103 Å². The molecule has 122 heavy (non-hydrogen) atoms. The average molecular weight is 1720 g/mol. The Morgan fingerprint density at radius 2 is 0.664 bits per heavy atom. The van der Waals surface area contributed by atoms with Crippen LogP contribution in [0.4, 0.5) is 26.3 Å². The van der Waals surface area contributed by atoms with E-state index in [-0.39, 0.29) is 99.3 Å². The van der Waals surface area contributed by atoms with Crippen molar-refractivity contribution in [3.8, 4) is 69.0 Å². The highest BCUT2D eigenvalue weighted by Gasteiger charge is 2.25. The molecule has 3 N–H and O–H groups in total. The highest BCUT2D eigenvalue weighted by atomic mass is 32.1. The number of hydrogen-bond donors (Lipinski definition) is 3. The maximum absolute atomic E-state index is 14.0. The van der Waals surface area contributed by atoms with E-state index in [0.717, 1.165) is 94.8 Å². The van der Waals surface area contributed by atoms with Crippen LogP contribution in [0.2, 0.25) is 0 Å². The summed E-state index contributed by atoms with van der Waals surface area (Å²) in [6.07, 6.45) is 5.74. The third-order valence-corrected chi connectivity index (χ3v) is 17.5. The van der Waals surface area contributed by atoms with Crippen molar-refractivity contribution >= 4 is 341 Å². The molecule has 0 aliphatic heterocycles. The lowest BCUT2D eigenvalue weighted by Crippen LogP contribution is -2.38. The van der Waals surface area contributed by atoms with E-state index in [1.165, 1.54) is 125 Å². The van der Waals surface area contributed by atoms with Crippen LogP contribution >= 0.6 is 45.3 Å². The summed E-state index contributed by atoms with van der Waals surface area (Å²) >= 11 is 4.61. The number of methoxy groups -OCH3 is 13. The summed E-state index contributed by atoms with van der Waals surface area (Å²) < 4.78 is 148. The number of ether oxygens (including phenoxy) is 13. The van der Waals surface area contributed by atoms with Crippen LogP contribution in [-0.2, 0) is 4.74 Å². The topological polar surface area (TPSA) is 249 Å². The molecule has 0 amide bonds. The van der Waals surface area contributed by atoms with Gasteiger partial charge >= 0.3 is 19.1 Å². The van der Waals surface area contributed by atoms with E-state index < -0.39 is 66.5 Å². The Morgan fingerprint density at radius 1 is 0.361 bits per heavy atom. The largest absolute Gasteiger partial charge is 0.499 e. The van der Waals surface area contributed by atoms with Gasteiger partial charge < -0.3 is 89.5 Å². The van der Waals surface area contributed by atoms with Crippen LogP contribution in [0.15, 0.2) is 78.2 Å². The molecule has 6 aromatic carbocycles.